The molecule has 0 radical (unpaired) electrons. The summed E-state index contributed by atoms with van der Waals surface area (Å²) < 4.78 is 56.1. The van der Waals surface area contributed by atoms with Crippen molar-refractivity contribution in [1.82, 2.24) is 20.0 Å². The van der Waals surface area contributed by atoms with Crippen molar-refractivity contribution >= 4 is 27.4 Å². The van der Waals surface area contributed by atoms with E-state index in [1.807, 2.05) is 17.0 Å². The Morgan fingerprint density at radius 1 is 0.921 bits per heavy atom. The lowest BCUT2D eigenvalue weighted by molar-refractivity contribution is 0.0712. The molecule has 0 spiro atoms. The Morgan fingerprint density at radius 2 is 1.53 bits per heavy atom. The summed E-state index contributed by atoms with van der Waals surface area (Å²) in [5, 5.41) is 8.84. The molecule has 1 amide bonds. The third-order valence-electron chi connectivity index (χ3n) is 7.37. The van der Waals surface area contributed by atoms with Crippen LogP contribution in [0.25, 0.3) is 0 Å². The summed E-state index contributed by atoms with van der Waals surface area (Å²) in [4.78, 5) is 20.5. The number of anilines is 2. The minimum atomic E-state index is -4.89. The minimum Gasteiger partial charge on any atom is -0.377 e. The summed E-state index contributed by atoms with van der Waals surface area (Å²) in [5.74, 6) is -2.65. The average molecular weight is 551 g/mol. The maximum absolute atomic E-state index is 13.1. The molecular weight excluding hydrogens is 518 g/mol. The smallest absolute Gasteiger partial charge is 0.341 e. The van der Waals surface area contributed by atoms with E-state index in [4.69, 9.17) is 4.74 Å². The molecule has 0 aliphatic carbocycles. The summed E-state index contributed by atoms with van der Waals surface area (Å²) in [6.07, 6.45) is 2.65. The number of benzene rings is 1. The van der Waals surface area contributed by atoms with Gasteiger partial charge in [-0.3, -0.25) is 9.69 Å². The number of rotatable bonds is 7. The van der Waals surface area contributed by atoms with Crippen LogP contribution in [0, 0.1) is 0 Å². The number of aromatic nitrogens is 2. The lowest BCUT2D eigenvalue weighted by atomic mass is 10.2. The highest BCUT2D eigenvalue weighted by molar-refractivity contribution is 7.91. The number of carbonyl (C=O) groups is 1. The van der Waals surface area contributed by atoms with Crippen molar-refractivity contribution in [3.63, 3.8) is 0 Å². The van der Waals surface area contributed by atoms with E-state index < -0.39 is 26.4 Å². The van der Waals surface area contributed by atoms with Gasteiger partial charge in [0.25, 0.3) is 5.91 Å². The quantitative estimate of drug-likeness (QED) is 0.511. The van der Waals surface area contributed by atoms with Crippen molar-refractivity contribution in [2.45, 2.75) is 29.6 Å². The van der Waals surface area contributed by atoms with Crippen molar-refractivity contribution in [3.8, 4) is 0 Å². The van der Waals surface area contributed by atoms with E-state index >= 15 is 0 Å². The van der Waals surface area contributed by atoms with Gasteiger partial charge in [0.1, 0.15) is 0 Å². The number of hydrogen-bond acceptors (Lipinski definition) is 9. The average Bonchev–Trinajstić information content (AvgIpc) is 3.46. The van der Waals surface area contributed by atoms with Crippen LogP contribution in [0.2, 0.25) is 0 Å². The third kappa shape index (κ3) is 5.74. The Labute approximate surface area is 221 Å². The van der Waals surface area contributed by atoms with Crippen LogP contribution in [-0.4, -0.2) is 112 Å². The van der Waals surface area contributed by atoms with Crippen LogP contribution in [0.4, 0.5) is 20.4 Å². The molecule has 1 unspecified atom stereocenters. The topological polar surface area (TPSA) is 99.2 Å². The number of carbonyl (C=O) groups excluding carboxylic acids is 1. The number of amides is 1. The second kappa shape index (κ2) is 11.5. The molecule has 13 heteroatoms. The van der Waals surface area contributed by atoms with E-state index in [9.17, 15) is 22.0 Å². The normalized spacial score (nSPS) is 21.3. The van der Waals surface area contributed by atoms with Gasteiger partial charge in [-0.05, 0) is 37.1 Å². The summed E-state index contributed by atoms with van der Waals surface area (Å²) in [6.45, 7) is 7.07. The Hall–Kier alpha value is -2.90. The van der Waals surface area contributed by atoms with Crippen LogP contribution in [0.1, 0.15) is 23.2 Å². The molecule has 5 rings (SSSR count). The van der Waals surface area contributed by atoms with E-state index in [2.05, 4.69) is 20.0 Å². The first-order chi connectivity index (χ1) is 18.3. The predicted molar refractivity (Wildman–Crippen MR) is 137 cm³/mol. The third-order valence-corrected chi connectivity index (χ3v) is 8.81. The highest BCUT2D eigenvalue weighted by Crippen LogP contribution is 2.25. The van der Waals surface area contributed by atoms with Crippen LogP contribution in [0.15, 0.2) is 41.3 Å². The molecule has 1 aromatic heterocycles. The van der Waals surface area contributed by atoms with Crippen LogP contribution >= 0.6 is 0 Å². The standard InChI is InChI=1S/C25H32F2N6O4S/c26-25(27)38(35,36)21-6-2-1-5-20(21)24(34)33-15-13-32(14-16-33)23-8-7-22(28-29-23)31-11-9-30(10-12-31)18-19-4-3-17-37-19/h1-2,5-8,19,25H,3-4,9-18H2. The van der Waals surface area contributed by atoms with Gasteiger partial charge in [-0.1, -0.05) is 12.1 Å². The van der Waals surface area contributed by atoms with Gasteiger partial charge in [-0.25, -0.2) is 8.42 Å². The molecule has 4 heterocycles. The highest BCUT2D eigenvalue weighted by atomic mass is 32.2. The SMILES string of the molecule is O=C(c1ccccc1S(=O)(=O)C(F)F)N1CCN(c2ccc(N3CCN(CC4CCCO4)CC3)nn2)CC1. The molecule has 38 heavy (non-hydrogen) atoms. The first-order valence-electron chi connectivity index (χ1n) is 12.9. The Bertz CT molecular complexity index is 1210. The zero-order chi connectivity index (χ0) is 26.7. The lowest BCUT2D eigenvalue weighted by Crippen LogP contribution is -2.49. The maximum Gasteiger partial charge on any atom is 0.341 e. The molecule has 206 valence electrons. The molecule has 3 fully saturated rings. The summed E-state index contributed by atoms with van der Waals surface area (Å²) in [7, 11) is -4.89. The van der Waals surface area contributed by atoms with Crippen LogP contribution in [0.3, 0.4) is 0 Å². The Balaban J connectivity index is 1.15. The zero-order valence-corrected chi connectivity index (χ0v) is 21.9. The number of piperazine rings is 2. The molecule has 3 aliphatic heterocycles. The molecule has 0 N–H and O–H groups in total. The summed E-state index contributed by atoms with van der Waals surface area (Å²) in [6, 6.07) is 9.00. The number of nitrogens with zero attached hydrogens (tertiary/aromatic N) is 6. The molecule has 1 atom stereocenters. The monoisotopic (exact) mass is 550 g/mol. The number of sulfone groups is 1. The van der Waals surface area contributed by atoms with E-state index in [0.717, 1.165) is 64.1 Å². The fraction of sp³-hybridized carbons (Fsp3) is 0.560. The van der Waals surface area contributed by atoms with Gasteiger partial charge in [-0.2, -0.15) is 8.78 Å². The molecule has 3 aliphatic rings. The zero-order valence-electron chi connectivity index (χ0n) is 21.1. The minimum absolute atomic E-state index is 0.235. The fourth-order valence-corrected chi connectivity index (χ4v) is 6.11. The number of ether oxygens (including phenoxy) is 1. The van der Waals surface area contributed by atoms with Crippen molar-refractivity contribution in [2.24, 2.45) is 0 Å². The van der Waals surface area contributed by atoms with Gasteiger partial charge in [0, 0.05) is 65.5 Å². The van der Waals surface area contributed by atoms with E-state index in [1.165, 1.54) is 23.1 Å². The van der Waals surface area contributed by atoms with Crippen molar-refractivity contribution in [2.75, 3.05) is 75.3 Å². The van der Waals surface area contributed by atoms with Gasteiger partial charge < -0.3 is 19.4 Å². The van der Waals surface area contributed by atoms with Gasteiger partial charge in [0.05, 0.1) is 16.6 Å². The van der Waals surface area contributed by atoms with Crippen molar-refractivity contribution in [1.29, 1.82) is 0 Å². The highest BCUT2D eigenvalue weighted by Gasteiger charge is 2.33. The summed E-state index contributed by atoms with van der Waals surface area (Å²) >= 11 is 0. The van der Waals surface area contributed by atoms with Crippen LogP contribution < -0.4 is 9.80 Å². The van der Waals surface area contributed by atoms with E-state index in [0.29, 0.717) is 38.1 Å². The van der Waals surface area contributed by atoms with Gasteiger partial charge in [0.15, 0.2) is 11.6 Å². The van der Waals surface area contributed by atoms with Gasteiger partial charge >= 0.3 is 5.76 Å². The molecule has 0 saturated carbocycles. The molecule has 0 bridgehead atoms. The van der Waals surface area contributed by atoms with Crippen molar-refractivity contribution < 1.29 is 26.7 Å². The number of alkyl halides is 2. The molecule has 3 saturated heterocycles. The Kier molecular flexibility index (Phi) is 8.05. The van der Waals surface area contributed by atoms with E-state index in [-0.39, 0.29) is 5.56 Å². The predicted octanol–water partition coefficient (Wildman–Crippen LogP) is 1.74. The second-order valence-corrected chi connectivity index (χ2v) is 11.6. The summed E-state index contributed by atoms with van der Waals surface area (Å²) in [5.41, 5.74) is -0.235. The molecule has 10 nitrogen and oxygen atoms in total. The van der Waals surface area contributed by atoms with Crippen molar-refractivity contribution in [3.05, 3.63) is 42.0 Å². The van der Waals surface area contributed by atoms with E-state index in [1.54, 1.807) is 0 Å². The van der Waals surface area contributed by atoms with Gasteiger partial charge in [0.2, 0.25) is 9.84 Å². The first-order valence-corrected chi connectivity index (χ1v) is 14.5. The molecule has 2 aromatic rings. The second-order valence-electron chi connectivity index (χ2n) is 9.75. The fourth-order valence-electron chi connectivity index (χ4n) is 5.19. The number of halogens is 2. The first kappa shape index (κ1) is 26.7. The lowest BCUT2D eigenvalue weighted by Gasteiger charge is -2.37. The Morgan fingerprint density at radius 3 is 2.08 bits per heavy atom. The van der Waals surface area contributed by atoms with Crippen LogP contribution in [0.5, 0.6) is 0 Å². The van der Waals surface area contributed by atoms with Crippen LogP contribution in [-0.2, 0) is 14.6 Å². The molecular formula is C25H32F2N6O4S. The number of hydrogen-bond donors (Lipinski definition) is 0. The van der Waals surface area contributed by atoms with Gasteiger partial charge in [-0.15, -0.1) is 10.2 Å². The largest absolute Gasteiger partial charge is 0.377 e. The molecule has 1 aromatic carbocycles. The maximum atomic E-state index is 13.1.